The van der Waals surface area contributed by atoms with Gasteiger partial charge in [-0.3, -0.25) is 9.69 Å². The van der Waals surface area contributed by atoms with Crippen LogP contribution in [0.25, 0.3) is 0 Å². The summed E-state index contributed by atoms with van der Waals surface area (Å²) < 4.78 is 5.17. The SMILES string of the molecule is CCCOCC(=O)NCCN1CCN(C)CC1. The number of carbonyl (C=O) groups excluding carboxylic acids is 1. The molecular weight excluding hydrogens is 218 g/mol. The van der Waals surface area contributed by atoms with Gasteiger partial charge in [0.25, 0.3) is 0 Å². The molecule has 100 valence electrons. The third kappa shape index (κ3) is 6.61. The van der Waals surface area contributed by atoms with Crippen LogP contribution in [0.3, 0.4) is 0 Å². The summed E-state index contributed by atoms with van der Waals surface area (Å²) in [5.74, 6) is -0.00687. The van der Waals surface area contributed by atoms with Crippen molar-refractivity contribution in [3.8, 4) is 0 Å². The second kappa shape index (κ2) is 8.44. The molecule has 0 unspecified atom stereocenters. The number of nitrogens with zero attached hydrogens (tertiary/aromatic N) is 2. The minimum atomic E-state index is -0.00687. The van der Waals surface area contributed by atoms with Crippen LogP contribution in [0.1, 0.15) is 13.3 Å². The van der Waals surface area contributed by atoms with E-state index in [0.29, 0.717) is 6.61 Å². The number of amides is 1. The largest absolute Gasteiger partial charge is 0.372 e. The highest BCUT2D eigenvalue weighted by atomic mass is 16.5. The molecule has 17 heavy (non-hydrogen) atoms. The van der Waals surface area contributed by atoms with Crippen molar-refractivity contribution in [2.75, 3.05) is 59.5 Å². The summed E-state index contributed by atoms with van der Waals surface area (Å²) in [7, 11) is 2.14. The zero-order valence-electron chi connectivity index (χ0n) is 11.1. The summed E-state index contributed by atoms with van der Waals surface area (Å²) in [5.41, 5.74) is 0. The van der Waals surface area contributed by atoms with Crippen molar-refractivity contribution in [2.24, 2.45) is 0 Å². The molecule has 0 aromatic carbocycles. The highest BCUT2D eigenvalue weighted by Gasteiger charge is 2.13. The van der Waals surface area contributed by atoms with Crippen LogP contribution in [0.2, 0.25) is 0 Å². The van der Waals surface area contributed by atoms with Gasteiger partial charge in [0.15, 0.2) is 0 Å². The van der Waals surface area contributed by atoms with Gasteiger partial charge in [0.2, 0.25) is 5.91 Å². The van der Waals surface area contributed by atoms with Crippen LogP contribution in [0.15, 0.2) is 0 Å². The molecular formula is C12H25N3O2. The quantitative estimate of drug-likeness (QED) is 0.628. The van der Waals surface area contributed by atoms with E-state index in [9.17, 15) is 4.79 Å². The smallest absolute Gasteiger partial charge is 0.246 e. The monoisotopic (exact) mass is 243 g/mol. The first-order chi connectivity index (χ1) is 8.22. The van der Waals surface area contributed by atoms with Crippen molar-refractivity contribution in [3.63, 3.8) is 0 Å². The lowest BCUT2D eigenvalue weighted by atomic mass is 10.3. The fraction of sp³-hybridized carbons (Fsp3) is 0.917. The molecule has 0 aliphatic carbocycles. The van der Waals surface area contributed by atoms with Gasteiger partial charge in [-0.2, -0.15) is 0 Å². The molecule has 0 saturated carbocycles. The van der Waals surface area contributed by atoms with E-state index in [2.05, 4.69) is 22.2 Å². The van der Waals surface area contributed by atoms with Crippen LogP contribution >= 0.6 is 0 Å². The van der Waals surface area contributed by atoms with Crippen LogP contribution in [-0.2, 0) is 9.53 Å². The molecule has 5 nitrogen and oxygen atoms in total. The van der Waals surface area contributed by atoms with Gasteiger partial charge in [0.05, 0.1) is 0 Å². The molecule has 1 N–H and O–H groups in total. The number of hydrogen-bond acceptors (Lipinski definition) is 4. The van der Waals surface area contributed by atoms with E-state index in [-0.39, 0.29) is 12.5 Å². The standard InChI is InChI=1S/C12H25N3O2/c1-3-10-17-11-12(16)13-4-5-15-8-6-14(2)7-9-15/h3-11H2,1-2H3,(H,13,16). The molecule has 1 saturated heterocycles. The molecule has 0 atom stereocenters. The van der Waals surface area contributed by atoms with E-state index in [1.54, 1.807) is 0 Å². The molecule has 0 radical (unpaired) electrons. The number of ether oxygens (including phenoxy) is 1. The van der Waals surface area contributed by atoms with E-state index < -0.39 is 0 Å². The van der Waals surface area contributed by atoms with Gasteiger partial charge in [0.1, 0.15) is 6.61 Å². The number of piperazine rings is 1. The second-order valence-electron chi connectivity index (χ2n) is 4.55. The first-order valence-corrected chi connectivity index (χ1v) is 6.47. The molecule has 1 aliphatic heterocycles. The lowest BCUT2D eigenvalue weighted by Gasteiger charge is -2.32. The summed E-state index contributed by atoms with van der Waals surface area (Å²) in [6.07, 6.45) is 0.953. The minimum Gasteiger partial charge on any atom is -0.372 e. The van der Waals surface area contributed by atoms with Gasteiger partial charge in [0, 0.05) is 45.9 Å². The zero-order valence-corrected chi connectivity index (χ0v) is 11.1. The molecule has 0 spiro atoms. The van der Waals surface area contributed by atoms with Crippen LogP contribution in [-0.4, -0.2) is 75.2 Å². The Kier molecular flexibility index (Phi) is 7.16. The molecule has 1 heterocycles. The molecule has 1 amide bonds. The van der Waals surface area contributed by atoms with E-state index >= 15 is 0 Å². The van der Waals surface area contributed by atoms with Crippen molar-refractivity contribution < 1.29 is 9.53 Å². The summed E-state index contributed by atoms with van der Waals surface area (Å²) in [6, 6.07) is 0. The third-order valence-corrected chi connectivity index (χ3v) is 2.93. The molecule has 1 rings (SSSR count). The topological polar surface area (TPSA) is 44.8 Å². The molecule has 1 aliphatic rings. The highest BCUT2D eigenvalue weighted by molar-refractivity contribution is 5.77. The predicted octanol–water partition coefficient (Wildman–Crippen LogP) is -0.223. The predicted molar refractivity (Wildman–Crippen MR) is 68.1 cm³/mol. The highest BCUT2D eigenvalue weighted by Crippen LogP contribution is 1.97. The van der Waals surface area contributed by atoms with Gasteiger partial charge < -0.3 is 15.0 Å². The van der Waals surface area contributed by atoms with Crippen LogP contribution < -0.4 is 5.32 Å². The lowest BCUT2D eigenvalue weighted by Crippen LogP contribution is -2.47. The number of nitrogens with one attached hydrogen (secondary N) is 1. The van der Waals surface area contributed by atoms with Crippen molar-refractivity contribution >= 4 is 5.91 Å². The summed E-state index contributed by atoms with van der Waals surface area (Å²) in [6.45, 7) is 8.97. The molecule has 0 bridgehead atoms. The van der Waals surface area contributed by atoms with E-state index in [1.165, 1.54) is 0 Å². The van der Waals surface area contributed by atoms with Gasteiger partial charge in [-0.1, -0.05) is 6.92 Å². The molecule has 5 heteroatoms. The Morgan fingerprint density at radius 2 is 2.00 bits per heavy atom. The summed E-state index contributed by atoms with van der Waals surface area (Å²) in [5, 5.41) is 2.88. The number of rotatable bonds is 7. The average Bonchev–Trinajstić information content (AvgIpc) is 2.32. The Morgan fingerprint density at radius 1 is 1.29 bits per heavy atom. The van der Waals surface area contributed by atoms with Crippen LogP contribution in [0.4, 0.5) is 0 Å². The molecule has 1 fully saturated rings. The number of hydrogen-bond donors (Lipinski definition) is 1. The van der Waals surface area contributed by atoms with Gasteiger partial charge in [-0.25, -0.2) is 0 Å². The Morgan fingerprint density at radius 3 is 2.65 bits per heavy atom. The van der Waals surface area contributed by atoms with Crippen LogP contribution in [0, 0.1) is 0 Å². The van der Waals surface area contributed by atoms with E-state index in [4.69, 9.17) is 4.74 Å². The van der Waals surface area contributed by atoms with Crippen molar-refractivity contribution in [1.29, 1.82) is 0 Å². The molecule has 0 aromatic heterocycles. The van der Waals surface area contributed by atoms with Gasteiger partial charge in [-0.15, -0.1) is 0 Å². The van der Waals surface area contributed by atoms with E-state index in [1.807, 2.05) is 6.92 Å². The van der Waals surface area contributed by atoms with Gasteiger partial charge in [-0.05, 0) is 13.5 Å². The van der Waals surface area contributed by atoms with Crippen molar-refractivity contribution in [2.45, 2.75) is 13.3 Å². The summed E-state index contributed by atoms with van der Waals surface area (Å²) >= 11 is 0. The second-order valence-corrected chi connectivity index (χ2v) is 4.55. The lowest BCUT2D eigenvalue weighted by molar-refractivity contribution is -0.125. The fourth-order valence-corrected chi connectivity index (χ4v) is 1.79. The first-order valence-electron chi connectivity index (χ1n) is 6.47. The Balaban J connectivity index is 1.97. The Hall–Kier alpha value is -0.650. The number of carbonyl (C=O) groups is 1. The van der Waals surface area contributed by atoms with E-state index in [0.717, 1.165) is 45.7 Å². The maximum atomic E-state index is 11.3. The third-order valence-electron chi connectivity index (χ3n) is 2.93. The molecule has 0 aromatic rings. The Bertz CT molecular complexity index is 216. The first kappa shape index (κ1) is 14.4. The van der Waals surface area contributed by atoms with Crippen molar-refractivity contribution in [3.05, 3.63) is 0 Å². The normalized spacial score (nSPS) is 18.2. The maximum absolute atomic E-state index is 11.3. The van der Waals surface area contributed by atoms with Crippen LogP contribution in [0.5, 0.6) is 0 Å². The van der Waals surface area contributed by atoms with Gasteiger partial charge >= 0.3 is 0 Å². The zero-order chi connectivity index (χ0) is 12.5. The van der Waals surface area contributed by atoms with Crippen molar-refractivity contribution in [1.82, 2.24) is 15.1 Å². The average molecular weight is 243 g/mol. The Labute approximate surface area is 104 Å². The summed E-state index contributed by atoms with van der Waals surface area (Å²) in [4.78, 5) is 16.1. The maximum Gasteiger partial charge on any atom is 0.246 e. The minimum absolute atomic E-state index is 0.00687. The number of likely N-dealkylation sites (N-methyl/N-ethyl adjacent to an activating group) is 1. The fourth-order valence-electron chi connectivity index (χ4n) is 1.79.